The molecule has 9 aromatic carbocycles. The van der Waals surface area contributed by atoms with Gasteiger partial charge in [-0.1, -0.05) is 146 Å². The molecule has 0 amide bonds. The molecule has 0 fully saturated rings. The maximum absolute atomic E-state index is 5.33. The van der Waals surface area contributed by atoms with Crippen molar-refractivity contribution in [3.63, 3.8) is 0 Å². The number of nitrogens with zero attached hydrogens (tertiary/aromatic N) is 4. The zero-order valence-electron chi connectivity index (χ0n) is 30.0. The van der Waals surface area contributed by atoms with Crippen LogP contribution in [0.1, 0.15) is 0 Å². The van der Waals surface area contributed by atoms with E-state index in [2.05, 4.69) is 168 Å². The van der Waals surface area contributed by atoms with E-state index in [0.29, 0.717) is 17.5 Å². The summed E-state index contributed by atoms with van der Waals surface area (Å²) in [5, 5.41) is 12.2. The number of thiophene rings is 1. The molecule has 0 saturated carbocycles. The summed E-state index contributed by atoms with van der Waals surface area (Å²) in [6.45, 7) is 0. The van der Waals surface area contributed by atoms with E-state index in [0.717, 1.165) is 43.5 Å². The van der Waals surface area contributed by atoms with Gasteiger partial charge < -0.3 is 4.57 Å². The van der Waals surface area contributed by atoms with Crippen LogP contribution in [-0.2, 0) is 0 Å². The van der Waals surface area contributed by atoms with E-state index in [4.69, 9.17) is 15.0 Å². The maximum Gasteiger partial charge on any atom is 0.165 e. The standard InChI is InChI=1S/C51H30N4S/c1-2-15-34(16-3-1)49-52-50(36-23-22-31-12-4-5-17-35(31)28-36)54-51(53-49)42-30-37(29-41-40-20-10-11-21-45(40)56-48(41)42)55-43-26-24-32-13-6-8-18-38(32)46(43)47-39-19-9-7-14-33(39)25-27-44(47)55/h1-30H. The molecule has 5 heteroatoms. The first-order valence-electron chi connectivity index (χ1n) is 18.9. The molecule has 3 heterocycles. The third-order valence-electron chi connectivity index (χ3n) is 11.2. The smallest absolute Gasteiger partial charge is 0.165 e. The molecule has 3 aromatic heterocycles. The number of hydrogen-bond acceptors (Lipinski definition) is 4. The van der Waals surface area contributed by atoms with Crippen LogP contribution in [0.15, 0.2) is 182 Å². The van der Waals surface area contributed by atoms with Crippen LogP contribution in [-0.4, -0.2) is 19.5 Å². The van der Waals surface area contributed by atoms with E-state index in [1.165, 1.54) is 53.2 Å². The van der Waals surface area contributed by atoms with Crippen molar-refractivity contribution in [2.75, 3.05) is 0 Å². The van der Waals surface area contributed by atoms with Crippen molar-refractivity contribution < 1.29 is 0 Å². The minimum Gasteiger partial charge on any atom is -0.309 e. The van der Waals surface area contributed by atoms with Crippen LogP contribution in [0, 0.1) is 0 Å². The van der Waals surface area contributed by atoms with Crippen LogP contribution >= 0.6 is 11.3 Å². The first-order valence-corrected chi connectivity index (χ1v) is 19.7. The van der Waals surface area contributed by atoms with Crippen molar-refractivity contribution in [2.24, 2.45) is 0 Å². The molecule has 0 atom stereocenters. The Morgan fingerprint density at radius 1 is 0.375 bits per heavy atom. The molecule has 260 valence electrons. The zero-order valence-corrected chi connectivity index (χ0v) is 30.8. The average molecular weight is 731 g/mol. The summed E-state index contributed by atoms with van der Waals surface area (Å²) >= 11 is 1.80. The number of hydrogen-bond donors (Lipinski definition) is 0. The van der Waals surface area contributed by atoms with Gasteiger partial charge in [0.15, 0.2) is 17.5 Å². The Labute approximate surface area is 325 Å². The highest BCUT2D eigenvalue weighted by molar-refractivity contribution is 7.26. The van der Waals surface area contributed by atoms with Crippen molar-refractivity contribution in [2.45, 2.75) is 0 Å². The van der Waals surface area contributed by atoms with E-state index in [1.54, 1.807) is 11.3 Å². The van der Waals surface area contributed by atoms with E-state index in [9.17, 15) is 0 Å². The van der Waals surface area contributed by atoms with Gasteiger partial charge >= 0.3 is 0 Å². The lowest BCUT2D eigenvalue weighted by Gasteiger charge is -2.13. The molecule has 56 heavy (non-hydrogen) atoms. The summed E-state index contributed by atoms with van der Waals surface area (Å²) in [6.07, 6.45) is 0. The van der Waals surface area contributed by atoms with Gasteiger partial charge in [-0.3, -0.25) is 0 Å². The summed E-state index contributed by atoms with van der Waals surface area (Å²) in [5.41, 5.74) is 6.28. The molecule has 0 bridgehead atoms. The first-order chi connectivity index (χ1) is 27.7. The Balaban J connectivity index is 1.20. The number of rotatable bonds is 4. The van der Waals surface area contributed by atoms with Crippen molar-refractivity contribution in [1.29, 1.82) is 0 Å². The summed E-state index contributed by atoms with van der Waals surface area (Å²) < 4.78 is 4.83. The molecule has 0 unspecified atom stereocenters. The SMILES string of the molecule is c1ccc(-c2nc(-c3ccc4ccccc4c3)nc(-c3cc(-n4c5ccc6ccccc6c5c5c6ccccc6ccc54)cc4c3sc3ccccc34)n2)cc1. The lowest BCUT2D eigenvalue weighted by atomic mass is 10.00. The topological polar surface area (TPSA) is 43.6 Å². The van der Waals surface area contributed by atoms with Gasteiger partial charge in [0, 0.05) is 53.3 Å². The highest BCUT2D eigenvalue weighted by Gasteiger charge is 2.22. The lowest BCUT2D eigenvalue weighted by molar-refractivity contribution is 1.08. The third-order valence-corrected chi connectivity index (χ3v) is 12.4. The van der Waals surface area contributed by atoms with Gasteiger partial charge in [-0.15, -0.1) is 11.3 Å². The van der Waals surface area contributed by atoms with E-state index in [-0.39, 0.29) is 0 Å². The van der Waals surface area contributed by atoms with Crippen molar-refractivity contribution in [3.05, 3.63) is 182 Å². The second-order valence-electron chi connectivity index (χ2n) is 14.4. The zero-order chi connectivity index (χ0) is 36.7. The minimum atomic E-state index is 0.647. The van der Waals surface area contributed by atoms with Gasteiger partial charge in [0.1, 0.15) is 0 Å². The Morgan fingerprint density at radius 3 is 1.64 bits per heavy atom. The average Bonchev–Trinajstić information content (AvgIpc) is 3.82. The van der Waals surface area contributed by atoms with Crippen LogP contribution in [0.25, 0.3) is 114 Å². The van der Waals surface area contributed by atoms with Crippen LogP contribution < -0.4 is 0 Å². The van der Waals surface area contributed by atoms with Gasteiger partial charge in [0.2, 0.25) is 0 Å². The third kappa shape index (κ3) is 4.75. The van der Waals surface area contributed by atoms with Gasteiger partial charge in [0.05, 0.1) is 11.0 Å². The fourth-order valence-corrected chi connectivity index (χ4v) is 9.80. The largest absolute Gasteiger partial charge is 0.309 e. The Kier molecular flexibility index (Phi) is 6.76. The second-order valence-corrected chi connectivity index (χ2v) is 15.5. The molecule has 0 spiro atoms. The summed E-state index contributed by atoms with van der Waals surface area (Å²) in [7, 11) is 0. The van der Waals surface area contributed by atoms with Gasteiger partial charge in [-0.05, 0) is 68.7 Å². The molecule has 0 radical (unpaired) electrons. The normalized spacial score (nSPS) is 11.9. The van der Waals surface area contributed by atoms with Gasteiger partial charge in [0.25, 0.3) is 0 Å². The molecule has 0 aliphatic carbocycles. The van der Waals surface area contributed by atoms with Gasteiger partial charge in [-0.2, -0.15) is 0 Å². The fraction of sp³-hybridized carbons (Fsp3) is 0. The monoisotopic (exact) mass is 730 g/mol. The lowest BCUT2D eigenvalue weighted by Crippen LogP contribution is -2.01. The second kappa shape index (κ2) is 12.2. The van der Waals surface area contributed by atoms with Crippen molar-refractivity contribution >= 4 is 85.6 Å². The molecule has 0 saturated heterocycles. The molecule has 0 aliphatic rings. The van der Waals surface area contributed by atoms with Crippen LogP contribution in [0.2, 0.25) is 0 Å². The quantitative estimate of drug-likeness (QED) is 0.181. The summed E-state index contributed by atoms with van der Waals surface area (Å²) in [6, 6.07) is 65.0. The van der Waals surface area contributed by atoms with E-state index in [1.807, 2.05) is 18.2 Å². The highest BCUT2D eigenvalue weighted by atomic mass is 32.1. The molecule has 0 N–H and O–H groups in total. The predicted molar refractivity (Wildman–Crippen MR) is 236 cm³/mol. The van der Waals surface area contributed by atoms with Crippen molar-refractivity contribution in [1.82, 2.24) is 19.5 Å². The minimum absolute atomic E-state index is 0.647. The van der Waals surface area contributed by atoms with Gasteiger partial charge in [-0.25, -0.2) is 15.0 Å². The summed E-state index contributed by atoms with van der Waals surface area (Å²) in [4.78, 5) is 15.7. The van der Waals surface area contributed by atoms with Crippen molar-refractivity contribution in [3.8, 4) is 39.9 Å². The van der Waals surface area contributed by atoms with Crippen LogP contribution in [0.5, 0.6) is 0 Å². The molecular formula is C51H30N4S. The Hall–Kier alpha value is -7.21. The van der Waals surface area contributed by atoms with Crippen LogP contribution in [0.3, 0.4) is 0 Å². The number of aromatic nitrogens is 4. The van der Waals surface area contributed by atoms with E-state index >= 15 is 0 Å². The highest BCUT2D eigenvalue weighted by Crippen LogP contribution is 2.45. The molecule has 0 aliphatic heterocycles. The fourth-order valence-electron chi connectivity index (χ4n) is 8.60. The molecule has 12 rings (SSSR count). The van der Waals surface area contributed by atoms with E-state index < -0.39 is 0 Å². The first kappa shape index (κ1) is 31.2. The van der Waals surface area contributed by atoms with Crippen LogP contribution in [0.4, 0.5) is 0 Å². The Bertz CT molecular complexity index is 3450. The molecule has 4 nitrogen and oxygen atoms in total. The summed E-state index contributed by atoms with van der Waals surface area (Å²) in [5.74, 6) is 1.94. The molecule has 12 aromatic rings. The molecular weight excluding hydrogens is 701 g/mol. The Morgan fingerprint density at radius 2 is 0.929 bits per heavy atom. The number of benzene rings is 9. The predicted octanol–water partition coefficient (Wildman–Crippen LogP) is 13.8. The number of fused-ring (bicyclic) bond motifs is 11. The maximum atomic E-state index is 5.33.